The lowest BCUT2D eigenvalue weighted by Gasteiger charge is -2.14. The molecule has 0 aliphatic carbocycles. The first-order valence-corrected chi connectivity index (χ1v) is 6.49. The molecule has 0 aliphatic rings. The first kappa shape index (κ1) is 15.9. The molecule has 1 aromatic carbocycles. The molecule has 0 bridgehead atoms. The van der Waals surface area contributed by atoms with Crippen molar-refractivity contribution in [1.29, 1.82) is 0 Å². The summed E-state index contributed by atoms with van der Waals surface area (Å²) in [5.41, 5.74) is 0.905. The van der Waals surface area contributed by atoms with Crippen LogP contribution < -0.4 is 10.6 Å². The third kappa shape index (κ3) is 5.69. The van der Waals surface area contributed by atoms with Crippen LogP contribution in [-0.4, -0.2) is 44.0 Å². The van der Waals surface area contributed by atoms with Gasteiger partial charge in [-0.15, -0.1) is 0 Å². The summed E-state index contributed by atoms with van der Waals surface area (Å²) in [6.45, 7) is 3.25. The zero-order chi connectivity index (χ0) is 15.0. The van der Waals surface area contributed by atoms with Crippen molar-refractivity contribution < 1.29 is 9.18 Å². The molecule has 6 heteroatoms. The van der Waals surface area contributed by atoms with Crippen molar-refractivity contribution in [3.05, 3.63) is 35.6 Å². The molecule has 0 saturated heterocycles. The summed E-state index contributed by atoms with van der Waals surface area (Å²) in [5, 5.41) is 6.01. The van der Waals surface area contributed by atoms with Crippen molar-refractivity contribution in [3.63, 3.8) is 0 Å². The molecule has 5 nitrogen and oxygen atoms in total. The fourth-order valence-electron chi connectivity index (χ4n) is 1.42. The number of likely N-dealkylation sites (N-methyl/N-ethyl adjacent to an activating group) is 1. The van der Waals surface area contributed by atoms with Crippen LogP contribution in [0, 0.1) is 5.82 Å². The predicted octanol–water partition coefficient (Wildman–Crippen LogP) is 0.969. The second-order valence-corrected chi connectivity index (χ2v) is 4.46. The van der Waals surface area contributed by atoms with Gasteiger partial charge < -0.3 is 15.5 Å². The SMILES string of the molecule is CCNC(=NCc1ccc(F)cc1)NCC(=O)N(C)C. The van der Waals surface area contributed by atoms with Crippen molar-refractivity contribution in [3.8, 4) is 0 Å². The van der Waals surface area contributed by atoms with E-state index in [4.69, 9.17) is 0 Å². The van der Waals surface area contributed by atoms with E-state index in [0.29, 0.717) is 19.0 Å². The highest BCUT2D eigenvalue weighted by molar-refractivity contribution is 5.86. The van der Waals surface area contributed by atoms with E-state index in [2.05, 4.69) is 15.6 Å². The summed E-state index contributed by atoms with van der Waals surface area (Å²) < 4.78 is 12.8. The summed E-state index contributed by atoms with van der Waals surface area (Å²) in [7, 11) is 3.40. The quantitative estimate of drug-likeness (QED) is 0.624. The highest BCUT2D eigenvalue weighted by Crippen LogP contribution is 2.03. The Hall–Kier alpha value is -2.11. The maximum Gasteiger partial charge on any atom is 0.241 e. The van der Waals surface area contributed by atoms with Crippen LogP contribution in [0.3, 0.4) is 0 Å². The number of halogens is 1. The van der Waals surface area contributed by atoms with Gasteiger partial charge in [-0.3, -0.25) is 4.79 Å². The molecule has 0 spiro atoms. The van der Waals surface area contributed by atoms with Gasteiger partial charge in [-0.25, -0.2) is 9.38 Å². The maximum atomic E-state index is 12.8. The minimum absolute atomic E-state index is 0.0302. The van der Waals surface area contributed by atoms with Gasteiger partial charge in [0, 0.05) is 20.6 Å². The van der Waals surface area contributed by atoms with E-state index >= 15 is 0 Å². The van der Waals surface area contributed by atoms with Crippen LogP contribution in [0.2, 0.25) is 0 Å². The van der Waals surface area contributed by atoms with Crippen molar-refractivity contribution >= 4 is 11.9 Å². The molecule has 0 heterocycles. The van der Waals surface area contributed by atoms with Gasteiger partial charge in [-0.05, 0) is 24.6 Å². The number of hydrogen-bond donors (Lipinski definition) is 2. The van der Waals surface area contributed by atoms with Gasteiger partial charge >= 0.3 is 0 Å². The lowest BCUT2D eigenvalue weighted by molar-refractivity contribution is -0.127. The molecular formula is C14H21FN4O. The monoisotopic (exact) mass is 280 g/mol. The third-order valence-corrected chi connectivity index (χ3v) is 2.58. The van der Waals surface area contributed by atoms with Crippen molar-refractivity contribution in [1.82, 2.24) is 15.5 Å². The number of carbonyl (C=O) groups excluding carboxylic acids is 1. The van der Waals surface area contributed by atoms with Crippen molar-refractivity contribution in [2.24, 2.45) is 4.99 Å². The molecule has 0 radical (unpaired) electrons. The Balaban J connectivity index is 2.58. The van der Waals surface area contributed by atoms with Crippen molar-refractivity contribution in [2.75, 3.05) is 27.2 Å². The molecule has 2 N–H and O–H groups in total. The molecule has 1 amide bonds. The van der Waals surface area contributed by atoms with E-state index in [1.54, 1.807) is 26.2 Å². The average Bonchev–Trinajstić information content (AvgIpc) is 2.43. The number of hydrogen-bond acceptors (Lipinski definition) is 2. The molecular weight excluding hydrogens is 259 g/mol. The van der Waals surface area contributed by atoms with E-state index in [-0.39, 0.29) is 18.3 Å². The summed E-state index contributed by atoms with van der Waals surface area (Å²) in [5.74, 6) is 0.267. The van der Waals surface area contributed by atoms with Crippen LogP contribution in [0.4, 0.5) is 4.39 Å². The molecule has 0 saturated carbocycles. The first-order valence-electron chi connectivity index (χ1n) is 6.49. The van der Waals surface area contributed by atoms with E-state index in [9.17, 15) is 9.18 Å². The van der Waals surface area contributed by atoms with Crippen LogP contribution in [0.15, 0.2) is 29.3 Å². The molecule has 0 unspecified atom stereocenters. The van der Waals surface area contributed by atoms with E-state index in [0.717, 1.165) is 5.56 Å². The third-order valence-electron chi connectivity index (χ3n) is 2.58. The lowest BCUT2D eigenvalue weighted by atomic mass is 10.2. The van der Waals surface area contributed by atoms with E-state index < -0.39 is 0 Å². The summed E-state index contributed by atoms with van der Waals surface area (Å²) in [6.07, 6.45) is 0. The maximum absolute atomic E-state index is 12.8. The number of carbonyl (C=O) groups is 1. The van der Waals surface area contributed by atoms with Gasteiger partial charge in [0.25, 0.3) is 0 Å². The Bertz CT molecular complexity index is 457. The van der Waals surface area contributed by atoms with Gasteiger partial charge in [-0.1, -0.05) is 12.1 Å². The normalized spacial score (nSPS) is 11.1. The van der Waals surface area contributed by atoms with E-state index in [1.807, 2.05) is 6.92 Å². The van der Waals surface area contributed by atoms with Crippen LogP contribution in [0.5, 0.6) is 0 Å². The number of nitrogens with zero attached hydrogens (tertiary/aromatic N) is 2. The Kier molecular flexibility index (Phi) is 6.49. The van der Waals surface area contributed by atoms with Crippen molar-refractivity contribution in [2.45, 2.75) is 13.5 Å². The Labute approximate surface area is 118 Å². The number of rotatable bonds is 5. The molecule has 20 heavy (non-hydrogen) atoms. The number of nitrogens with one attached hydrogen (secondary N) is 2. The molecule has 110 valence electrons. The van der Waals surface area contributed by atoms with Gasteiger partial charge in [-0.2, -0.15) is 0 Å². The highest BCUT2D eigenvalue weighted by Gasteiger charge is 2.05. The molecule has 1 aromatic rings. The molecule has 0 aliphatic heterocycles. The number of amides is 1. The fraction of sp³-hybridized carbons (Fsp3) is 0.429. The zero-order valence-electron chi connectivity index (χ0n) is 12.1. The van der Waals surface area contributed by atoms with E-state index in [1.165, 1.54) is 17.0 Å². The smallest absolute Gasteiger partial charge is 0.241 e. The Morgan fingerprint density at radius 1 is 1.25 bits per heavy atom. The summed E-state index contributed by atoms with van der Waals surface area (Å²) >= 11 is 0. The number of aliphatic imine (C=N–C) groups is 1. The number of benzene rings is 1. The minimum atomic E-state index is -0.264. The van der Waals surface area contributed by atoms with Crippen LogP contribution in [0.1, 0.15) is 12.5 Å². The highest BCUT2D eigenvalue weighted by atomic mass is 19.1. The molecule has 0 atom stereocenters. The van der Waals surface area contributed by atoms with Gasteiger partial charge in [0.2, 0.25) is 5.91 Å². The average molecular weight is 280 g/mol. The first-order chi connectivity index (χ1) is 9.52. The van der Waals surface area contributed by atoms with Gasteiger partial charge in [0.15, 0.2) is 5.96 Å². The largest absolute Gasteiger partial charge is 0.357 e. The zero-order valence-corrected chi connectivity index (χ0v) is 12.1. The standard InChI is InChI=1S/C14H21FN4O/c1-4-16-14(18-10-13(20)19(2)3)17-9-11-5-7-12(15)8-6-11/h5-8H,4,9-10H2,1-3H3,(H2,16,17,18). The molecule has 0 aromatic heterocycles. The Morgan fingerprint density at radius 3 is 2.45 bits per heavy atom. The van der Waals surface area contributed by atoms with Crippen LogP contribution in [-0.2, 0) is 11.3 Å². The van der Waals surface area contributed by atoms with Gasteiger partial charge in [0.1, 0.15) is 5.82 Å². The second kappa shape index (κ2) is 8.14. The lowest BCUT2D eigenvalue weighted by Crippen LogP contribution is -2.42. The topological polar surface area (TPSA) is 56.7 Å². The fourth-order valence-corrected chi connectivity index (χ4v) is 1.42. The Morgan fingerprint density at radius 2 is 1.90 bits per heavy atom. The summed E-state index contributed by atoms with van der Waals surface area (Å²) in [6, 6.07) is 6.18. The van der Waals surface area contributed by atoms with Gasteiger partial charge in [0.05, 0.1) is 13.1 Å². The second-order valence-electron chi connectivity index (χ2n) is 4.46. The molecule has 1 rings (SSSR count). The molecule has 0 fully saturated rings. The number of guanidine groups is 1. The minimum Gasteiger partial charge on any atom is -0.357 e. The van der Waals surface area contributed by atoms with Crippen LogP contribution in [0.25, 0.3) is 0 Å². The predicted molar refractivity (Wildman–Crippen MR) is 77.9 cm³/mol. The summed E-state index contributed by atoms with van der Waals surface area (Å²) in [4.78, 5) is 17.4. The van der Waals surface area contributed by atoms with Crippen LogP contribution >= 0.6 is 0 Å².